The van der Waals surface area contributed by atoms with Crippen molar-refractivity contribution in [3.8, 4) is 11.5 Å². The minimum absolute atomic E-state index is 0.0766. The minimum Gasteiger partial charge on any atom is -0.493 e. The van der Waals surface area contributed by atoms with Gasteiger partial charge in [-0.25, -0.2) is 9.69 Å². The molecule has 0 bridgehead atoms. The van der Waals surface area contributed by atoms with E-state index in [4.69, 9.17) is 9.47 Å². The molecule has 0 saturated carbocycles. The number of carbonyl (C=O) groups excluding carboxylic acids is 4. The van der Waals surface area contributed by atoms with Crippen molar-refractivity contribution in [2.24, 2.45) is 0 Å². The van der Waals surface area contributed by atoms with E-state index in [9.17, 15) is 19.2 Å². The zero-order chi connectivity index (χ0) is 18.6. The Kier molecular flexibility index (Phi) is 5.58. The summed E-state index contributed by atoms with van der Waals surface area (Å²) in [7, 11) is 3.02. The standard InChI is InChI=1S/C16H19N3O6/c1-4-18-14(21)15(22)19(16(18)23)9-13(20)17-8-10-5-6-11(24-2)12(7-10)25-3/h5-7H,4,8-9H2,1-3H3,(H,17,20). The molecule has 1 aliphatic rings. The number of likely N-dealkylation sites (N-methyl/N-ethyl adjacent to an activating group) is 1. The largest absolute Gasteiger partial charge is 0.493 e. The van der Waals surface area contributed by atoms with Gasteiger partial charge in [0.05, 0.1) is 14.2 Å². The lowest BCUT2D eigenvalue weighted by Crippen LogP contribution is -2.41. The van der Waals surface area contributed by atoms with Gasteiger partial charge in [-0.15, -0.1) is 0 Å². The van der Waals surface area contributed by atoms with E-state index in [1.54, 1.807) is 25.1 Å². The summed E-state index contributed by atoms with van der Waals surface area (Å²) in [6.07, 6.45) is 0. The molecule has 0 aliphatic carbocycles. The van der Waals surface area contributed by atoms with E-state index in [0.29, 0.717) is 16.4 Å². The van der Waals surface area contributed by atoms with Gasteiger partial charge < -0.3 is 14.8 Å². The first-order chi connectivity index (χ1) is 11.9. The topological polar surface area (TPSA) is 105 Å². The summed E-state index contributed by atoms with van der Waals surface area (Å²) in [6, 6.07) is 4.37. The Morgan fingerprint density at radius 2 is 1.68 bits per heavy atom. The molecule has 0 radical (unpaired) electrons. The Morgan fingerprint density at radius 1 is 1.04 bits per heavy atom. The van der Waals surface area contributed by atoms with Crippen molar-refractivity contribution in [3.63, 3.8) is 0 Å². The fourth-order valence-electron chi connectivity index (χ4n) is 2.36. The second-order valence-electron chi connectivity index (χ2n) is 5.19. The van der Waals surface area contributed by atoms with E-state index in [1.165, 1.54) is 14.2 Å². The minimum atomic E-state index is -0.992. The molecule has 1 aromatic carbocycles. The summed E-state index contributed by atoms with van der Waals surface area (Å²) >= 11 is 0. The Hall–Kier alpha value is -3.10. The van der Waals surface area contributed by atoms with Crippen LogP contribution < -0.4 is 14.8 Å². The molecule has 1 saturated heterocycles. The van der Waals surface area contributed by atoms with E-state index in [1.807, 2.05) is 0 Å². The van der Waals surface area contributed by atoms with Crippen molar-refractivity contribution in [2.75, 3.05) is 27.3 Å². The molecule has 25 heavy (non-hydrogen) atoms. The van der Waals surface area contributed by atoms with Crippen LogP contribution in [0.5, 0.6) is 11.5 Å². The van der Waals surface area contributed by atoms with Gasteiger partial charge in [0.2, 0.25) is 5.91 Å². The predicted molar refractivity (Wildman–Crippen MR) is 85.9 cm³/mol. The smallest absolute Gasteiger partial charge is 0.334 e. The average Bonchev–Trinajstić information content (AvgIpc) is 2.82. The zero-order valence-corrected chi connectivity index (χ0v) is 14.2. The van der Waals surface area contributed by atoms with Gasteiger partial charge in [-0.1, -0.05) is 6.07 Å². The van der Waals surface area contributed by atoms with Gasteiger partial charge in [0.1, 0.15) is 6.54 Å². The number of urea groups is 1. The fraction of sp³-hybridized carbons (Fsp3) is 0.375. The van der Waals surface area contributed by atoms with Gasteiger partial charge >= 0.3 is 17.8 Å². The van der Waals surface area contributed by atoms with Crippen LogP contribution in [0.1, 0.15) is 12.5 Å². The molecule has 1 heterocycles. The van der Waals surface area contributed by atoms with Gasteiger partial charge in [0.25, 0.3) is 0 Å². The van der Waals surface area contributed by atoms with Crippen molar-refractivity contribution in [3.05, 3.63) is 23.8 Å². The average molecular weight is 349 g/mol. The molecule has 0 atom stereocenters. The second-order valence-corrected chi connectivity index (χ2v) is 5.19. The quantitative estimate of drug-likeness (QED) is 0.554. The number of ether oxygens (including phenoxy) is 2. The van der Waals surface area contributed by atoms with E-state index >= 15 is 0 Å². The van der Waals surface area contributed by atoms with Crippen molar-refractivity contribution in [1.82, 2.24) is 15.1 Å². The molecule has 134 valence electrons. The summed E-state index contributed by atoms with van der Waals surface area (Å²) in [5.41, 5.74) is 0.747. The highest BCUT2D eigenvalue weighted by molar-refractivity contribution is 6.45. The number of nitrogens with one attached hydrogen (secondary N) is 1. The van der Waals surface area contributed by atoms with Gasteiger partial charge in [-0.05, 0) is 24.6 Å². The highest BCUT2D eigenvalue weighted by Gasteiger charge is 2.44. The van der Waals surface area contributed by atoms with Crippen molar-refractivity contribution < 1.29 is 28.7 Å². The Morgan fingerprint density at radius 3 is 2.24 bits per heavy atom. The van der Waals surface area contributed by atoms with Crippen LogP contribution in [0.25, 0.3) is 0 Å². The molecule has 0 unspecified atom stereocenters. The number of hydrogen-bond acceptors (Lipinski definition) is 6. The zero-order valence-electron chi connectivity index (χ0n) is 14.2. The Bertz CT molecular complexity index is 718. The van der Waals surface area contributed by atoms with E-state index < -0.39 is 30.3 Å². The summed E-state index contributed by atoms with van der Waals surface area (Å²) < 4.78 is 10.3. The molecule has 9 heteroatoms. The molecule has 1 fully saturated rings. The first kappa shape index (κ1) is 18.2. The first-order valence-electron chi connectivity index (χ1n) is 7.57. The van der Waals surface area contributed by atoms with E-state index in [0.717, 1.165) is 10.5 Å². The first-order valence-corrected chi connectivity index (χ1v) is 7.57. The Balaban J connectivity index is 1.96. The van der Waals surface area contributed by atoms with Crippen LogP contribution >= 0.6 is 0 Å². The SMILES string of the molecule is CCN1C(=O)C(=O)N(CC(=O)NCc2ccc(OC)c(OC)c2)C1=O. The van der Waals surface area contributed by atoms with Crippen LogP contribution in [0.15, 0.2) is 18.2 Å². The summed E-state index contributed by atoms with van der Waals surface area (Å²) in [5, 5.41) is 2.59. The third-order valence-corrected chi connectivity index (χ3v) is 3.69. The van der Waals surface area contributed by atoms with Crippen LogP contribution in [0, 0.1) is 0 Å². The maximum absolute atomic E-state index is 12.0. The van der Waals surface area contributed by atoms with Crippen LogP contribution in [0.3, 0.4) is 0 Å². The number of rotatable bonds is 7. The number of benzene rings is 1. The number of methoxy groups -OCH3 is 2. The maximum Gasteiger partial charge on any atom is 0.334 e. The Labute approximate surface area is 144 Å². The lowest BCUT2D eigenvalue weighted by atomic mass is 10.2. The van der Waals surface area contributed by atoms with Crippen LogP contribution in [0.4, 0.5) is 4.79 Å². The van der Waals surface area contributed by atoms with E-state index in [-0.39, 0.29) is 13.1 Å². The number of amides is 5. The molecule has 1 aliphatic heterocycles. The van der Waals surface area contributed by atoms with Crippen molar-refractivity contribution in [2.45, 2.75) is 13.5 Å². The fourth-order valence-corrected chi connectivity index (χ4v) is 2.36. The lowest BCUT2D eigenvalue weighted by Gasteiger charge is -2.14. The monoisotopic (exact) mass is 349 g/mol. The molecule has 2 rings (SSSR count). The summed E-state index contributed by atoms with van der Waals surface area (Å²) in [6.45, 7) is 1.31. The summed E-state index contributed by atoms with van der Waals surface area (Å²) in [5.74, 6) is -1.39. The molecule has 5 amide bonds. The lowest BCUT2D eigenvalue weighted by molar-refractivity contribution is -0.143. The molecular weight excluding hydrogens is 330 g/mol. The molecule has 1 N–H and O–H groups in total. The van der Waals surface area contributed by atoms with Crippen molar-refractivity contribution in [1.29, 1.82) is 0 Å². The summed E-state index contributed by atoms with van der Waals surface area (Å²) in [4.78, 5) is 48.7. The van der Waals surface area contributed by atoms with Crippen LogP contribution in [0.2, 0.25) is 0 Å². The molecular formula is C16H19N3O6. The van der Waals surface area contributed by atoms with Crippen molar-refractivity contribution >= 4 is 23.8 Å². The molecule has 0 aromatic heterocycles. The highest BCUT2D eigenvalue weighted by Crippen LogP contribution is 2.27. The maximum atomic E-state index is 12.0. The second kappa shape index (κ2) is 7.65. The number of nitrogens with zero attached hydrogens (tertiary/aromatic N) is 2. The third kappa shape index (κ3) is 3.70. The normalized spacial score (nSPS) is 14.1. The number of hydrogen-bond donors (Lipinski definition) is 1. The van der Waals surface area contributed by atoms with Gasteiger partial charge in [0.15, 0.2) is 11.5 Å². The van der Waals surface area contributed by atoms with Crippen LogP contribution in [-0.2, 0) is 20.9 Å². The number of imide groups is 2. The van der Waals surface area contributed by atoms with E-state index in [2.05, 4.69) is 5.32 Å². The molecule has 9 nitrogen and oxygen atoms in total. The van der Waals surface area contributed by atoms with Crippen LogP contribution in [-0.4, -0.2) is 60.9 Å². The third-order valence-electron chi connectivity index (χ3n) is 3.69. The molecule has 0 spiro atoms. The number of carbonyl (C=O) groups is 4. The van der Waals surface area contributed by atoms with Gasteiger partial charge in [-0.3, -0.25) is 19.3 Å². The molecule has 1 aromatic rings. The highest BCUT2D eigenvalue weighted by atomic mass is 16.5. The van der Waals surface area contributed by atoms with Gasteiger partial charge in [0, 0.05) is 13.1 Å². The van der Waals surface area contributed by atoms with Gasteiger partial charge in [-0.2, -0.15) is 0 Å². The predicted octanol–water partition coefficient (Wildman–Crippen LogP) is 0.131.